The van der Waals surface area contributed by atoms with Gasteiger partial charge < -0.3 is 9.64 Å². The van der Waals surface area contributed by atoms with E-state index in [9.17, 15) is 9.59 Å². The van der Waals surface area contributed by atoms with Crippen molar-refractivity contribution < 1.29 is 14.3 Å². The van der Waals surface area contributed by atoms with Gasteiger partial charge in [-0.3, -0.25) is 9.59 Å². The van der Waals surface area contributed by atoms with E-state index in [0.717, 1.165) is 4.90 Å². The lowest BCUT2D eigenvalue weighted by Crippen LogP contribution is -2.41. The van der Waals surface area contributed by atoms with Crippen LogP contribution in [0.3, 0.4) is 0 Å². The second-order valence-corrected chi connectivity index (χ2v) is 6.26. The predicted octanol–water partition coefficient (Wildman–Crippen LogP) is 3.23. The van der Waals surface area contributed by atoms with E-state index in [0.29, 0.717) is 17.2 Å². The number of amides is 1. The predicted molar refractivity (Wildman–Crippen MR) is 85.7 cm³/mol. The highest BCUT2D eigenvalue weighted by Gasteiger charge is 2.20. The molecule has 1 aromatic carbocycles. The maximum atomic E-state index is 12.2. The van der Waals surface area contributed by atoms with Gasteiger partial charge in [-0.1, -0.05) is 23.7 Å². The summed E-state index contributed by atoms with van der Waals surface area (Å²) in [5.41, 5.74) is 0. The number of rotatable bonds is 7. The van der Waals surface area contributed by atoms with Gasteiger partial charge in [-0.25, -0.2) is 0 Å². The monoisotopic (exact) mass is 329 g/mol. The number of halogens is 1. The second-order valence-electron chi connectivity index (χ2n) is 4.72. The van der Waals surface area contributed by atoms with Crippen LogP contribution in [0.5, 0.6) is 0 Å². The molecular weight excluding hydrogens is 310 g/mol. The Bertz CT molecular complexity index is 494. The highest BCUT2D eigenvalue weighted by molar-refractivity contribution is 7.99. The Morgan fingerprint density at radius 3 is 2.57 bits per heavy atom. The van der Waals surface area contributed by atoms with Crippen LogP contribution < -0.4 is 0 Å². The van der Waals surface area contributed by atoms with E-state index in [-0.39, 0.29) is 18.5 Å². The van der Waals surface area contributed by atoms with Crippen LogP contribution in [-0.2, 0) is 14.3 Å². The molecular formula is C15H20ClNO3S. The lowest BCUT2D eigenvalue weighted by molar-refractivity contribution is -0.148. The zero-order chi connectivity index (χ0) is 15.8. The number of nitrogens with zero attached hydrogens (tertiary/aromatic N) is 1. The first-order valence-electron chi connectivity index (χ1n) is 6.69. The van der Waals surface area contributed by atoms with Crippen molar-refractivity contribution in [1.29, 1.82) is 0 Å². The molecule has 0 saturated carbocycles. The van der Waals surface area contributed by atoms with Crippen molar-refractivity contribution in [1.82, 2.24) is 4.90 Å². The number of esters is 1. The van der Waals surface area contributed by atoms with Crippen molar-refractivity contribution >= 4 is 35.2 Å². The van der Waals surface area contributed by atoms with E-state index in [4.69, 9.17) is 11.6 Å². The largest absolute Gasteiger partial charge is 0.468 e. The van der Waals surface area contributed by atoms with Gasteiger partial charge >= 0.3 is 5.97 Å². The zero-order valence-electron chi connectivity index (χ0n) is 12.5. The molecule has 116 valence electrons. The average Bonchev–Trinajstić information content (AvgIpc) is 2.45. The van der Waals surface area contributed by atoms with E-state index in [1.165, 1.54) is 23.8 Å². The fourth-order valence-corrected chi connectivity index (χ4v) is 2.89. The molecule has 21 heavy (non-hydrogen) atoms. The Kier molecular flexibility index (Phi) is 7.61. The highest BCUT2D eigenvalue weighted by atomic mass is 35.5. The van der Waals surface area contributed by atoms with E-state index in [1.807, 2.05) is 38.1 Å². The van der Waals surface area contributed by atoms with Crippen molar-refractivity contribution in [3.63, 3.8) is 0 Å². The number of carbonyl (C=O) groups is 2. The third-order valence-corrected chi connectivity index (χ3v) is 4.40. The number of carbonyl (C=O) groups excluding carboxylic acids is 2. The van der Waals surface area contributed by atoms with Crippen molar-refractivity contribution in [3.05, 3.63) is 29.3 Å². The summed E-state index contributed by atoms with van der Waals surface area (Å²) in [5, 5.41) is 0.685. The van der Waals surface area contributed by atoms with Crippen LogP contribution in [0.2, 0.25) is 5.02 Å². The Labute approximate surface area is 134 Å². The molecule has 1 aromatic rings. The van der Waals surface area contributed by atoms with Gasteiger partial charge in [0, 0.05) is 23.1 Å². The summed E-state index contributed by atoms with van der Waals surface area (Å²) in [6.45, 7) is 3.74. The van der Waals surface area contributed by atoms with Gasteiger partial charge in [-0.15, -0.1) is 11.8 Å². The standard InChI is InChI=1S/C15H20ClNO3S/c1-11(2)17(10-15(19)20-3)14(18)8-9-21-13-7-5-4-6-12(13)16/h4-7,11H,8-10H2,1-3H3. The summed E-state index contributed by atoms with van der Waals surface area (Å²) >= 11 is 7.60. The molecule has 0 fully saturated rings. The van der Waals surface area contributed by atoms with Crippen LogP contribution in [0.15, 0.2) is 29.2 Å². The molecule has 0 aliphatic rings. The number of ether oxygens (including phenoxy) is 1. The molecule has 0 saturated heterocycles. The first kappa shape index (κ1) is 17.9. The number of methoxy groups -OCH3 is 1. The maximum Gasteiger partial charge on any atom is 0.325 e. The van der Waals surface area contributed by atoms with Gasteiger partial charge in [-0.05, 0) is 26.0 Å². The SMILES string of the molecule is COC(=O)CN(C(=O)CCSc1ccccc1Cl)C(C)C. The first-order chi connectivity index (χ1) is 9.95. The average molecular weight is 330 g/mol. The summed E-state index contributed by atoms with van der Waals surface area (Å²) in [4.78, 5) is 26.0. The van der Waals surface area contributed by atoms with Crippen LogP contribution in [0.25, 0.3) is 0 Å². The summed E-state index contributed by atoms with van der Waals surface area (Å²) in [7, 11) is 1.32. The number of hydrogen-bond acceptors (Lipinski definition) is 4. The minimum atomic E-state index is -0.407. The molecule has 0 aromatic heterocycles. The van der Waals surface area contributed by atoms with Crippen molar-refractivity contribution in [3.8, 4) is 0 Å². The second kappa shape index (κ2) is 8.95. The lowest BCUT2D eigenvalue weighted by Gasteiger charge is -2.25. The third kappa shape index (κ3) is 5.98. The van der Waals surface area contributed by atoms with Gasteiger partial charge in [-0.2, -0.15) is 0 Å². The third-order valence-electron chi connectivity index (χ3n) is 2.88. The first-order valence-corrected chi connectivity index (χ1v) is 8.05. The van der Waals surface area contributed by atoms with Gasteiger partial charge in [0.05, 0.1) is 12.1 Å². The number of thioether (sulfide) groups is 1. The number of hydrogen-bond donors (Lipinski definition) is 0. The van der Waals surface area contributed by atoms with Gasteiger partial charge in [0.2, 0.25) is 5.91 Å². The molecule has 4 nitrogen and oxygen atoms in total. The summed E-state index contributed by atoms with van der Waals surface area (Å²) in [6.07, 6.45) is 0.352. The minimum absolute atomic E-state index is 0.0102. The molecule has 0 atom stereocenters. The molecule has 0 N–H and O–H groups in total. The van der Waals surface area contributed by atoms with Gasteiger partial charge in [0.25, 0.3) is 0 Å². The smallest absolute Gasteiger partial charge is 0.325 e. The zero-order valence-corrected chi connectivity index (χ0v) is 14.0. The molecule has 0 heterocycles. The molecule has 0 radical (unpaired) electrons. The fourth-order valence-electron chi connectivity index (χ4n) is 1.72. The fraction of sp³-hybridized carbons (Fsp3) is 0.467. The van der Waals surface area contributed by atoms with Crippen molar-refractivity contribution in [2.75, 3.05) is 19.4 Å². The van der Waals surface area contributed by atoms with E-state index < -0.39 is 5.97 Å². The molecule has 0 aliphatic carbocycles. The van der Waals surface area contributed by atoms with Crippen LogP contribution >= 0.6 is 23.4 Å². The van der Waals surface area contributed by atoms with Gasteiger partial charge in [0.15, 0.2) is 0 Å². The van der Waals surface area contributed by atoms with Crippen LogP contribution in [0, 0.1) is 0 Å². The maximum absolute atomic E-state index is 12.2. The molecule has 0 spiro atoms. The van der Waals surface area contributed by atoms with Crippen LogP contribution in [0.4, 0.5) is 0 Å². The van der Waals surface area contributed by atoms with E-state index in [2.05, 4.69) is 4.74 Å². The normalized spacial score (nSPS) is 10.5. The quantitative estimate of drug-likeness (QED) is 0.569. The van der Waals surface area contributed by atoms with Crippen LogP contribution in [-0.4, -0.2) is 42.2 Å². The summed E-state index contributed by atoms with van der Waals surface area (Å²) < 4.78 is 4.62. The minimum Gasteiger partial charge on any atom is -0.468 e. The molecule has 0 aliphatic heterocycles. The Morgan fingerprint density at radius 1 is 1.33 bits per heavy atom. The topological polar surface area (TPSA) is 46.6 Å². The lowest BCUT2D eigenvalue weighted by atomic mass is 10.3. The Hall–Kier alpha value is -1.20. The van der Waals surface area contributed by atoms with Crippen molar-refractivity contribution in [2.24, 2.45) is 0 Å². The molecule has 6 heteroatoms. The summed E-state index contributed by atoms with van der Waals surface area (Å²) in [5.74, 6) is 0.151. The molecule has 0 bridgehead atoms. The molecule has 1 amide bonds. The highest BCUT2D eigenvalue weighted by Crippen LogP contribution is 2.27. The molecule has 0 unspecified atom stereocenters. The Balaban J connectivity index is 2.50. The molecule has 1 rings (SSSR count). The number of benzene rings is 1. The Morgan fingerprint density at radius 2 is 2.00 bits per heavy atom. The van der Waals surface area contributed by atoms with E-state index in [1.54, 1.807) is 0 Å². The van der Waals surface area contributed by atoms with Crippen LogP contribution in [0.1, 0.15) is 20.3 Å². The van der Waals surface area contributed by atoms with Crippen molar-refractivity contribution in [2.45, 2.75) is 31.2 Å². The van der Waals surface area contributed by atoms with E-state index >= 15 is 0 Å². The summed E-state index contributed by atoms with van der Waals surface area (Å²) in [6, 6.07) is 7.49. The van der Waals surface area contributed by atoms with Gasteiger partial charge in [0.1, 0.15) is 6.54 Å².